The molecule has 0 aliphatic carbocycles. The molecule has 138 valence electrons. The van der Waals surface area contributed by atoms with Crippen LogP contribution in [0, 0.1) is 5.82 Å². The van der Waals surface area contributed by atoms with Gasteiger partial charge in [-0.2, -0.15) is 0 Å². The van der Waals surface area contributed by atoms with E-state index >= 15 is 0 Å². The van der Waals surface area contributed by atoms with Gasteiger partial charge in [-0.25, -0.2) is 4.39 Å². The molecule has 26 heavy (non-hydrogen) atoms. The van der Waals surface area contributed by atoms with Crippen LogP contribution in [0.3, 0.4) is 0 Å². The Labute approximate surface area is 152 Å². The number of rotatable bonds is 5. The van der Waals surface area contributed by atoms with Crippen LogP contribution >= 0.6 is 0 Å². The van der Waals surface area contributed by atoms with Gasteiger partial charge >= 0.3 is 0 Å². The van der Waals surface area contributed by atoms with Crippen LogP contribution in [-0.4, -0.2) is 54.9 Å². The number of amides is 1. The molecule has 2 aromatic carbocycles. The monoisotopic (exact) mass is 359 g/mol. The van der Waals surface area contributed by atoms with Crippen LogP contribution < -0.4 is 4.74 Å². The van der Waals surface area contributed by atoms with Gasteiger partial charge in [-0.15, -0.1) is 0 Å². The number of aliphatic hydroxyl groups excluding tert-OH is 1. The minimum atomic E-state index is -0.891. The molecule has 0 saturated carbocycles. The molecule has 1 heterocycles. The quantitative estimate of drug-likeness (QED) is 0.890. The van der Waals surface area contributed by atoms with Gasteiger partial charge in [-0.05, 0) is 42.0 Å². The lowest BCUT2D eigenvalue weighted by atomic mass is 9.92. The number of benzene rings is 2. The summed E-state index contributed by atoms with van der Waals surface area (Å²) in [6.45, 7) is 0.836. The molecule has 0 spiro atoms. The summed E-state index contributed by atoms with van der Waals surface area (Å²) in [5, 5.41) is 9.94. The zero-order valence-corrected chi connectivity index (χ0v) is 14.7. The standard InChI is InChI=1S/C20H22FNO4/c1-25-18-8-4-16(5-9-18)19(24)22-10-11-26-20(13-22,14-23)12-15-2-6-17(21)7-3-15/h2-9,23H,10-14H2,1H3/t20-/m1/s1. The number of carbonyl (C=O) groups excluding carboxylic acids is 1. The maximum Gasteiger partial charge on any atom is 0.254 e. The fraction of sp³-hybridized carbons (Fsp3) is 0.350. The summed E-state index contributed by atoms with van der Waals surface area (Å²) < 4.78 is 24.1. The van der Waals surface area contributed by atoms with Gasteiger partial charge in [0.05, 0.1) is 26.9 Å². The third-order valence-corrected chi connectivity index (χ3v) is 4.60. The van der Waals surface area contributed by atoms with Crippen molar-refractivity contribution in [1.82, 2.24) is 4.90 Å². The van der Waals surface area contributed by atoms with Crippen LogP contribution in [0.4, 0.5) is 4.39 Å². The van der Waals surface area contributed by atoms with E-state index in [1.54, 1.807) is 48.4 Å². The second kappa shape index (κ2) is 7.85. The van der Waals surface area contributed by atoms with Gasteiger partial charge in [0, 0.05) is 18.5 Å². The molecule has 0 unspecified atom stereocenters. The summed E-state index contributed by atoms with van der Waals surface area (Å²) in [6, 6.07) is 13.0. The van der Waals surface area contributed by atoms with Crippen molar-refractivity contribution in [3.8, 4) is 5.75 Å². The third-order valence-electron chi connectivity index (χ3n) is 4.60. The summed E-state index contributed by atoms with van der Waals surface area (Å²) in [6.07, 6.45) is 0.399. The zero-order chi connectivity index (χ0) is 18.6. The fourth-order valence-electron chi connectivity index (χ4n) is 3.17. The van der Waals surface area contributed by atoms with Crippen LogP contribution in [0.15, 0.2) is 48.5 Å². The second-order valence-electron chi connectivity index (χ2n) is 6.45. The first-order valence-corrected chi connectivity index (χ1v) is 8.48. The molecular formula is C20H22FNO4. The Morgan fingerprint density at radius 2 is 1.92 bits per heavy atom. The normalized spacial score (nSPS) is 20.0. The number of hydrogen-bond donors (Lipinski definition) is 1. The molecule has 5 nitrogen and oxygen atoms in total. The van der Waals surface area contributed by atoms with Crippen molar-refractivity contribution >= 4 is 5.91 Å². The number of nitrogens with zero attached hydrogens (tertiary/aromatic N) is 1. The van der Waals surface area contributed by atoms with Crippen LogP contribution in [-0.2, 0) is 11.2 Å². The van der Waals surface area contributed by atoms with Crippen molar-refractivity contribution in [2.45, 2.75) is 12.0 Å². The predicted octanol–water partition coefficient (Wildman–Crippen LogP) is 2.28. The van der Waals surface area contributed by atoms with Gasteiger partial charge in [-0.3, -0.25) is 4.79 Å². The number of hydrogen-bond acceptors (Lipinski definition) is 4. The number of halogens is 1. The first-order valence-electron chi connectivity index (χ1n) is 8.48. The average molecular weight is 359 g/mol. The lowest BCUT2D eigenvalue weighted by Gasteiger charge is -2.42. The highest BCUT2D eigenvalue weighted by atomic mass is 19.1. The molecule has 1 aliphatic rings. The maximum atomic E-state index is 13.1. The number of carbonyl (C=O) groups is 1. The number of methoxy groups -OCH3 is 1. The van der Waals surface area contributed by atoms with E-state index in [0.717, 1.165) is 5.56 Å². The number of morpholine rings is 1. The topological polar surface area (TPSA) is 59.0 Å². The van der Waals surface area contributed by atoms with Crippen LogP contribution in [0.2, 0.25) is 0 Å². The van der Waals surface area contributed by atoms with Crippen molar-refractivity contribution in [2.24, 2.45) is 0 Å². The van der Waals surface area contributed by atoms with Gasteiger partial charge in [0.15, 0.2) is 0 Å². The summed E-state index contributed by atoms with van der Waals surface area (Å²) in [7, 11) is 1.57. The molecule has 1 aliphatic heterocycles. The third kappa shape index (κ3) is 4.03. The smallest absolute Gasteiger partial charge is 0.254 e. The fourth-order valence-corrected chi connectivity index (χ4v) is 3.17. The van der Waals surface area contributed by atoms with E-state index in [-0.39, 0.29) is 24.9 Å². The lowest BCUT2D eigenvalue weighted by Crippen LogP contribution is -2.56. The van der Waals surface area contributed by atoms with E-state index in [2.05, 4.69) is 0 Å². The van der Waals surface area contributed by atoms with E-state index in [1.165, 1.54) is 12.1 Å². The molecule has 0 radical (unpaired) electrons. The zero-order valence-electron chi connectivity index (χ0n) is 14.7. The molecule has 1 fully saturated rings. The molecule has 1 saturated heterocycles. The van der Waals surface area contributed by atoms with Crippen molar-refractivity contribution in [2.75, 3.05) is 33.4 Å². The summed E-state index contributed by atoms with van der Waals surface area (Å²) >= 11 is 0. The SMILES string of the molecule is COc1ccc(C(=O)N2CCO[C@](CO)(Cc3ccc(F)cc3)C2)cc1. The molecule has 1 N–H and O–H groups in total. The van der Waals surface area contributed by atoms with E-state index < -0.39 is 5.60 Å². The van der Waals surface area contributed by atoms with Gasteiger partial charge < -0.3 is 19.5 Å². The van der Waals surface area contributed by atoms with Gasteiger partial charge in [0.25, 0.3) is 5.91 Å². The van der Waals surface area contributed by atoms with Crippen LogP contribution in [0.5, 0.6) is 5.75 Å². The Morgan fingerprint density at radius 1 is 1.23 bits per heavy atom. The van der Waals surface area contributed by atoms with Crippen molar-refractivity contribution < 1.29 is 23.8 Å². The molecular weight excluding hydrogens is 337 g/mol. The Bertz CT molecular complexity index is 747. The summed E-state index contributed by atoms with van der Waals surface area (Å²) in [4.78, 5) is 14.5. The van der Waals surface area contributed by atoms with E-state index in [9.17, 15) is 14.3 Å². The Hall–Kier alpha value is -2.44. The summed E-state index contributed by atoms with van der Waals surface area (Å²) in [5.41, 5.74) is 0.513. The van der Waals surface area contributed by atoms with Crippen molar-refractivity contribution in [3.63, 3.8) is 0 Å². The Morgan fingerprint density at radius 3 is 2.54 bits per heavy atom. The van der Waals surface area contributed by atoms with Gasteiger partial charge in [-0.1, -0.05) is 12.1 Å². The molecule has 3 rings (SSSR count). The second-order valence-corrected chi connectivity index (χ2v) is 6.45. The number of ether oxygens (including phenoxy) is 2. The van der Waals surface area contributed by atoms with Gasteiger partial charge in [0.1, 0.15) is 17.2 Å². The Balaban J connectivity index is 1.75. The molecule has 6 heteroatoms. The molecule has 0 aromatic heterocycles. The first-order chi connectivity index (χ1) is 12.5. The molecule has 0 bridgehead atoms. The van der Waals surface area contributed by atoms with E-state index in [4.69, 9.17) is 9.47 Å². The lowest BCUT2D eigenvalue weighted by molar-refractivity contribution is -0.123. The van der Waals surface area contributed by atoms with Crippen molar-refractivity contribution in [3.05, 3.63) is 65.5 Å². The Kier molecular flexibility index (Phi) is 5.54. The van der Waals surface area contributed by atoms with E-state index in [0.29, 0.717) is 30.9 Å². The maximum absolute atomic E-state index is 13.1. The predicted molar refractivity (Wildman–Crippen MR) is 94.8 cm³/mol. The van der Waals surface area contributed by atoms with Crippen molar-refractivity contribution in [1.29, 1.82) is 0 Å². The van der Waals surface area contributed by atoms with Gasteiger partial charge in [0.2, 0.25) is 0 Å². The van der Waals surface area contributed by atoms with E-state index in [1.807, 2.05) is 0 Å². The largest absolute Gasteiger partial charge is 0.497 e. The minimum absolute atomic E-state index is 0.118. The van der Waals surface area contributed by atoms with Crippen LogP contribution in [0.1, 0.15) is 15.9 Å². The molecule has 1 amide bonds. The highest BCUT2D eigenvalue weighted by Gasteiger charge is 2.38. The first kappa shape index (κ1) is 18.4. The summed E-state index contributed by atoms with van der Waals surface area (Å²) in [5.74, 6) is 0.255. The highest BCUT2D eigenvalue weighted by Crippen LogP contribution is 2.25. The molecule has 1 atom stereocenters. The number of aliphatic hydroxyl groups is 1. The average Bonchev–Trinajstić information content (AvgIpc) is 2.69. The molecule has 2 aromatic rings. The highest BCUT2D eigenvalue weighted by molar-refractivity contribution is 5.94. The minimum Gasteiger partial charge on any atom is -0.497 e. The van der Waals surface area contributed by atoms with Crippen LogP contribution in [0.25, 0.3) is 0 Å².